The normalized spacial score (nSPS) is 12.8. The minimum Gasteiger partial charge on any atom is -0.393 e. The molecule has 98 valence electrons. The number of nitrogens with zero attached hydrogens (tertiary/aromatic N) is 1. The molecule has 2 N–H and O–H groups in total. The standard InChI is InChI=1S/C14H8N2O4/c15-12-10(16(19)20)6-5-9-11(12)14(18)8-4-2-1-3-7(8)13(9)17/h1-6H,15H2. The Kier molecular flexibility index (Phi) is 2.40. The van der Waals surface area contributed by atoms with Crippen LogP contribution in [0.4, 0.5) is 11.4 Å². The van der Waals surface area contributed by atoms with Crippen molar-refractivity contribution in [3.05, 3.63) is 68.8 Å². The van der Waals surface area contributed by atoms with Gasteiger partial charge in [-0.25, -0.2) is 0 Å². The minimum atomic E-state index is -0.673. The lowest BCUT2D eigenvalue weighted by Gasteiger charge is -2.18. The third-order valence-electron chi connectivity index (χ3n) is 3.31. The van der Waals surface area contributed by atoms with E-state index in [2.05, 4.69) is 0 Å². The molecule has 3 rings (SSSR count). The van der Waals surface area contributed by atoms with E-state index in [-0.39, 0.29) is 33.8 Å². The molecular formula is C14H8N2O4. The molecule has 0 aromatic heterocycles. The third-order valence-corrected chi connectivity index (χ3v) is 3.31. The van der Waals surface area contributed by atoms with Crippen LogP contribution >= 0.6 is 0 Å². The van der Waals surface area contributed by atoms with E-state index in [4.69, 9.17) is 5.73 Å². The predicted octanol–water partition coefficient (Wildman–Crippen LogP) is 1.95. The molecule has 0 radical (unpaired) electrons. The van der Waals surface area contributed by atoms with Crippen molar-refractivity contribution in [3.63, 3.8) is 0 Å². The van der Waals surface area contributed by atoms with Crippen molar-refractivity contribution in [3.8, 4) is 0 Å². The zero-order valence-electron chi connectivity index (χ0n) is 10.1. The highest BCUT2D eigenvalue weighted by Gasteiger charge is 2.33. The van der Waals surface area contributed by atoms with Crippen LogP contribution in [0.2, 0.25) is 0 Å². The Hall–Kier alpha value is -3.02. The monoisotopic (exact) mass is 268 g/mol. The molecule has 0 bridgehead atoms. The first-order valence-electron chi connectivity index (χ1n) is 5.77. The van der Waals surface area contributed by atoms with Crippen molar-refractivity contribution in [2.24, 2.45) is 0 Å². The van der Waals surface area contributed by atoms with Gasteiger partial charge in [0.05, 0.1) is 10.5 Å². The zero-order valence-corrected chi connectivity index (χ0v) is 10.1. The first-order valence-corrected chi connectivity index (χ1v) is 5.77. The van der Waals surface area contributed by atoms with Crippen LogP contribution < -0.4 is 5.73 Å². The molecule has 2 aromatic rings. The Morgan fingerprint density at radius 1 is 0.900 bits per heavy atom. The van der Waals surface area contributed by atoms with Crippen LogP contribution in [0.15, 0.2) is 36.4 Å². The van der Waals surface area contributed by atoms with E-state index < -0.39 is 10.7 Å². The Labute approximate surface area is 113 Å². The number of benzene rings is 2. The second kappa shape index (κ2) is 3.99. The van der Waals surface area contributed by atoms with E-state index >= 15 is 0 Å². The number of rotatable bonds is 1. The van der Waals surface area contributed by atoms with Gasteiger partial charge in [-0.1, -0.05) is 24.3 Å². The number of nitro benzene ring substituents is 1. The fourth-order valence-electron chi connectivity index (χ4n) is 2.36. The van der Waals surface area contributed by atoms with Gasteiger partial charge in [0.2, 0.25) is 0 Å². The van der Waals surface area contributed by atoms with Crippen LogP contribution in [0.25, 0.3) is 0 Å². The minimum absolute atomic E-state index is 0.0806. The molecule has 6 nitrogen and oxygen atoms in total. The summed E-state index contributed by atoms with van der Waals surface area (Å²) in [6.07, 6.45) is 0. The number of carbonyl (C=O) groups excluding carboxylic acids is 2. The second-order valence-corrected chi connectivity index (χ2v) is 4.38. The number of carbonyl (C=O) groups is 2. The summed E-state index contributed by atoms with van der Waals surface area (Å²) >= 11 is 0. The zero-order chi connectivity index (χ0) is 14.4. The van der Waals surface area contributed by atoms with Crippen LogP contribution in [-0.2, 0) is 0 Å². The lowest BCUT2D eigenvalue weighted by Crippen LogP contribution is -2.22. The number of fused-ring (bicyclic) bond motifs is 2. The quantitative estimate of drug-likeness (QED) is 0.412. The van der Waals surface area contributed by atoms with Gasteiger partial charge >= 0.3 is 0 Å². The largest absolute Gasteiger partial charge is 0.393 e. The second-order valence-electron chi connectivity index (χ2n) is 4.38. The first kappa shape index (κ1) is 12.0. The summed E-state index contributed by atoms with van der Waals surface area (Å²) in [7, 11) is 0. The highest BCUT2D eigenvalue weighted by molar-refractivity contribution is 6.30. The molecule has 1 aliphatic rings. The lowest BCUT2D eigenvalue weighted by atomic mass is 9.83. The SMILES string of the molecule is Nc1c([N+](=O)[O-])ccc2c1C(=O)c1ccccc1C2=O. The summed E-state index contributed by atoms with van der Waals surface area (Å²) in [4.78, 5) is 34.9. The molecular weight excluding hydrogens is 260 g/mol. The molecule has 0 amide bonds. The molecule has 0 saturated carbocycles. The van der Waals surface area contributed by atoms with E-state index in [0.717, 1.165) is 6.07 Å². The fourth-order valence-corrected chi connectivity index (χ4v) is 2.36. The van der Waals surface area contributed by atoms with Gasteiger partial charge in [-0.2, -0.15) is 0 Å². The van der Waals surface area contributed by atoms with Crippen molar-refractivity contribution >= 4 is 22.9 Å². The number of nitro groups is 1. The van der Waals surface area contributed by atoms with E-state index in [1.165, 1.54) is 12.1 Å². The van der Waals surface area contributed by atoms with Gasteiger partial charge in [0.15, 0.2) is 11.6 Å². The maximum Gasteiger partial charge on any atom is 0.292 e. The molecule has 6 heteroatoms. The Morgan fingerprint density at radius 2 is 1.50 bits per heavy atom. The number of nitrogen functional groups attached to an aromatic ring is 1. The van der Waals surface area contributed by atoms with Crippen LogP contribution in [0.1, 0.15) is 31.8 Å². The van der Waals surface area contributed by atoms with Crippen molar-refractivity contribution in [1.29, 1.82) is 0 Å². The van der Waals surface area contributed by atoms with E-state index in [9.17, 15) is 19.7 Å². The number of nitrogens with two attached hydrogens (primary N) is 1. The van der Waals surface area contributed by atoms with Crippen LogP contribution in [0.5, 0.6) is 0 Å². The van der Waals surface area contributed by atoms with Crippen molar-refractivity contribution in [2.75, 3.05) is 5.73 Å². The molecule has 0 aliphatic heterocycles. The average molecular weight is 268 g/mol. The summed E-state index contributed by atoms with van der Waals surface area (Å²) in [6, 6.07) is 8.77. The molecule has 0 atom stereocenters. The lowest BCUT2D eigenvalue weighted by molar-refractivity contribution is -0.383. The molecule has 0 fully saturated rings. The predicted molar refractivity (Wildman–Crippen MR) is 70.8 cm³/mol. The maximum absolute atomic E-state index is 12.4. The van der Waals surface area contributed by atoms with E-state index in [1.807, 2.05) is 0 Å². The highest BCUT2D eigenvalue weighted by atomic mass is 16.6. The molecule has 0 saturated heterocycles. The Balaban J connectivity index is 2.34. The summed E-state index contributed by atoms with van der Waals surface area (Å²) in [5, 5.41) is 10.9. The third kappa shape index (κ3) is 1.45. The van der Waals surface area contributed by atoms with Crippen LogP contribution in [-0.4, -0.2) is 16.5 Å². The molecule has 0 heterocycles. The smallest absolute Gasteiger partial charge is 0.292 e. The van der Waals surface area contributed by atoms with Crippen LogP contribution in [0, 0.1) is 10.1 Å². The molecule has 0 spiro atoms. The van der Waals surface area contributed by atoms with E-state index in [0.29, 0.717) is 5.56 Å². The van der Waals surface area contributed by atoms with Crippen molar-refractivity contribution in [1.82, 2.24) is 0 Å². The first-order chi connectivity index (χ1) is 9.52. The fraction of sp³-hybridized carbons (Fsp3) is 0. The molecule has 0 unspecified atom stereocenters. The average Bonchev–Trinajstić information content (AvgIpc) is 2.44. The Bertz CT molecular complexity index is 796. The summed E-state index contributed by atoms with van der Waals surface area (Å²) < 4.78 is 0. The molecule has 2 aromatic carbocycles. The number of ketones is 2. The topological polar surface area (TPSA) is 103 Å². The van der Waals surface area contributed by atoms with Gasteiger partial charge in [-0.05, 0) is 6.07 Å². The van der Waals surface area contributed by atoms with Gasteiger partial charge in [0, 0.05) is 22.8 Å². The molecule has 1 aliphatic carbocycles. The summed E-state index contributed by atoms with van der Waals surface area (Å²) in [5.74, 6) is -0.812. The van der Waals surface area contributed by atoms with E-state index in [1.54, 1.807) is 18.2 Å². The number of anilines is 1. The van der Waals surface area contributed by atoms with Gasteiger partial charge in [0.25, 0.3) is 5.69 Å². The van der Waals surface area contributed by atoms with Gasteiger partial charge in [-0.15, -0.1) is 0 Å². The highest BCUT2D eigenvalue weighted by Crippen LogP contribution is 2.35. The van der Waals surface area contributed by atoms with Gasteiger partial charge in [0.1, 0.15) is 5.69 Å². The number of hydrogen-bond acceptors (Lipinski definition) is 5. The number of hydrogen-bond donors (Lipinski definition) is 1. The van der Waals surface area contributed by atoms with Crippen molar-refractivity contribution < 1.29 is 14.5 Å². The molecule has 20 heavy (non-hydrogen) atoms. The summed E-state index contributed by atoms with van der Waals surface area (Å²) in [5.41, 5.74) is 5.60. The summed E-state index contributed by atoms with van der Waals surface area (Å²) in [6.45, 7) is 0. The van der Waals surface area contributed by atoms with Crippen molar-refractivity contribution in [2.45, 2.75) is 0 Å². The van der Waals surface area contributed by atoms with Crippen LogP contribution in [0.3, 0.4) is 0 Å². The van der Waals surface area contributed by atoms with Gasteiger partial charge < -0.3 is 5.73 Å². The van der Waals surface area contributed by atoms with Gasteiger partial charge in [-0.3, -0.25) is 19.7 Å². The Morgan fingerprint density at radius 3 is 2.10 bits per heavy atom. The maximum atomic E-state index is 12.4.